The Morgan fingerprint density at radius 3 is 2.79 bits per heavy atom. The third-order valence-corrected chi connectivity index (χ3v) is 3.18. The number of likely N-dealkylation sites (N-methyl/N-ethyl adjacent to an activating group) is 1. The third-order valence-electron chi connectivity index (χ3n) is 2.51. The molecule has 0 saturated carbocycles. The highest BCUT2D eigenvalue weighted by Gasteiger charge is 2.18. The van der Waals surface area contributed by atoms with Crippen molar-refractivity contribution >= 4 is 27.5 Å². The molecule has 0 N–H and O–H groups in total. The Morgan fingerprint density at radius 1 is 1.53 bits per heavy atom. The van der Waals surface area contributed by atoms with Crippen molar-refractivity contribution in [2.75, 3.05) is 26.8 Å². The first kappa shape index (κ1) is 15.6. The van der Waals surface area contributed by atoms with Crippen molar-refractivity contribution in [3.05, 3.63) is 38.3 Å². The number of hydrogen-bond donors (Lipinski definition) is 0. The zero-order valence-corrected chi connectivity index (χ0v) is 12.3. The normalized spacial score (nSPS) is 10.3. The van der Waals surface area contributed by atoms with Gasteiger partial charge in [0.05, 0.1) is 16.0 Å². The molecule has 0 heterocycles. The quantitative estimate of drug-likeness (QED) is 0.456. The van der Waals surface area contributed by atoms with E-state index in [1.54, 1.807) is 13.1 Å². The number of carbonyl (C=O) groups is 1. The van der Waals surface area contributed by atoms with Gasteiger partial charge in [-0.25, -0.2) is 0 Å². The lowest BCUT2D eigenvalue weighted by atomic mass is 10.2. The fraction of sp³-hybridized carbons (Fsp3) is 0.417. The molecule has 19 heavy (non-hydrogen) atoms. The van der Waals surface area contributed by atoms with Gasteiger partial charge in [-0.1, -0.05) is 0 Å². The monoisotopic (exact) mass is 330 g/mol. The highest BCUT2D eigenvalue weighted by atomic mass is 79.9. The van der Waals surface area contributed by atoms with Crippen molar-refractivity contribution in [1.82, 2.24) is 4.90 Å². The molecule has 0 atom stereocenters. The molecular formula is C12H15BrN2O4. The van der Waals surface area contributed by atoms with Crippen LogP contribution in [0.1, 0.15) is 17.3 Å². The molecule has 1 aromatic carbocycles. The Kier molecular flexibility index (Phi) is 5.91. The molecule has 0 unspecified atom stereocenters. The molecule has 104 valence electrons. The van der Waals surface area contributed by atoms with Gasteiger partial charge in [0.1, 0.15) is 0 Å². The highest BCUT2D eigenvalue weighted by molar-refractivity contribution is 9.10. The van der Waals surface area contributed by atoms with E-state index in [9.17, 15) is 14.9 Å². The van der Waals surface area contributed by atoms with Gasteiger partial charge in [0.15, 0.2) is 0 Å². The van der Waals surface area contributed by atoms with Crippen molar-refractivity contribution in [3.63, 3.8) is 0 Å². The van der Waals surface area contributed by atoms with E-state index in [0.29, 0.717) is 24.2 Å². The molecule has 0 radical (unpaired) electrons. The smallest absolute Gasteiger partial charge is 0.284 e. The van der Waals surface area contributed by atoms with Crippen LogP contribution in [-0.2, 0) is 4.74 Å². The Morgan fingerprint density at radius 2 is 2.21 bits per heavy atom. The van der Waals surface area contributed by atoms with E-state index >= 15 is 0 Å². The summed E-state index contributed by atoms with van der Waals surface area (Å²) in [5, 5.41) is 10.8. The lowest BCUT2D eigenvalue weighted by Crippen LogP contribution is -2.30. The maximum absolute atomic E-state index is 12.1. The topological polar surface area (TPSA) is 72.7 Å². The molecular weight excluding hydrogens is 316 g/mol. The first-order valence-electron chi connectivity index (χ1n) is 5.74. The predicted octanol–water partition coefficient (Wildman–Crippen LogP) is 2.47. The molecule has 0 aliphatic carbocycles. The van der Waals surface area contributed by atoms with Gasteiger partial charge < -0.3 is 9.64 Å². The van der Waals surface area contributed by atoms with Crippen LogP contribution in [0.4, 0.5) is 5.69 Å². The van der Waals surface area contributed by atoms with Crippen molar-refractivity contribution in [3.8, 4) is 0 Å². The fourth-order valence-corrected chi connectivity index (χ4v) is 1.84. The van der Waals surface area contributed by atoms with Crippen molar-refractivity contribution in [1.29, 1.82) is 0 Å². The zero-order chi connectivity index (χ0) is 14.4. The van der Waals surface area contributed by atoms with E-state index in [0.717, 1.165) is 0 Å². The van der Waals surface area contributed by atoms with Crippen LogP contribution >= 0.6 is 15.9 Å². The summed E-state index contributed by atoms with van der Waals surface area (Å²) in [5.74, 6) is -0.268. The molecule has 1 amide bonds. The van der Waals surface area contributed by atoms with Crippen LogP contribution in [0.25, 0.3) is 0 Å². The van der Waals surface area contributed by atoms with Crippen LogP contribution in [0, 0.1) is 10.1 Å². The lowest BCUT2D eigenvalue weighted by molar-refractivity contribution is -0.385. The van der Waals surface area contributed by atoms with E-state index in [4.69, 9.17) is 4.74 Å². The van der Waals surface area contributed by atoms with E-state index in [1.165, 1.54) is 17.0 Å². The van der Waals surface area contributed by atoms with Crippen LogP contribution < -0.4 is 0 Å². The number of benzene rings is 1. The number of ether oxygens (including phenoxy) is 1. The minimum absolute atomic E-state index is 0.121. The van der Waals surface area contributed by atoms with E-state index in [1.807, 2.05) is 6.92 Å². The van der Waals surface area contributed by atoms with Gasteiger partial charge in [-0.05, 0) is 35.0 Å². The summed E-state index contributed by atoms with van der Waals surface area (Å²) in [4.78, 5) is 23.8. The SMILES string of the molecule is CCOCCN(C)C(=O)c1ccc(Br)c([N+](=O)[O-])c1. The number of nitrogens with zero attached hydrogens (tertiary/aromatic N) is 2. The molecule has 1 rings (SSSR count). The van der Waals surface area contributed by atoms with Crippen molar-refractivity contribution in [2.45, 2.75) is 6.92 Å². The second-order valence-electron chi connectivity index (χ2n) is 3.85. The maximum atomic E-state index is 12.1. The maximum Gasteiger partial charge on any atom is 0.284 e. The average Bonchev–Trinajstić information content (AvgIpc) is 2.38. The Labute approximate surface area is 119 Å². The molecule has 0 fully saturated rings. The van der Waals surface area contributed by atoms with Gasteiger partial charge in [-0.3, -0.25) is 14.9 Å². The van der Waals surface area contributed by atoms with Gasteiger partial charge in [0, 0.05) is 31.8 Å². The number of nitro benzene ring substituents is 1. The standard InChI is InChI=1S/C12H15BrN2O4/c1-3-19-7-6-14(2)12(16)9-4-5-10(13)11(8-9)15(17)18/h4-5,8H,3,6-7H2,1-2H3. The molecule has 1 aromatic rings. The number of halogens is 1. The molecule has 6 nitrogen and oxygen atoms in total. The number of hydrogen-bond acceptors (Lipinski definition) is 4. The van der Waals surface area contributed by atoms with Gasteiger partial charge in [-0.15, -0.1) is 0 Å². The van der Waals surface area contributed by atoms with E-state index in [-0.39, 0.29) is 17.2 Å². The van der Waals surface area contributed by atoms with Gasteiger partial charge in [0.25, 0.3) is 11.6 Å². The number of amides is 1. The number of nitro groups is 1. The van der Waals surface area contributed by atoms with Gasteiger partial charge in [0.2, 0.25) is 0 Å². The van der Waals surface area contributed by atoms with E-state index < -0.39 is 4.92 Å². The van der Waals surface area contributed by atoms with Crippen LogP contribution in [0.5, 0.6) is 0 Å². The minimum atomic E-state index is -0.527. The van der Waals surface area contributed by atoms with Crippen molar-refractivity contribution < 1.29 is 14.5 Å². The molecule has 0 aliphatic rings. The summed E-state index contributed by atoms with van der Waals surface area (Å²) in [7, 11) is 1.63. The molecule has 7 heteroatoms. The zero-order valence-electron chi connectivity index (χ0n) is 10.8. The van der Waals surface area contributed by atoms with Crippen molar-refractivity contribution in [2.24, 2.45) is 0 Å². The third kappa shape index (κ3) is 4.29. The Balaban J connectivity index is 2.82. The second-order valence-corrected chi connectivity index (χ2v) is 4.70. The minimum Gasteiger partial charge on any atom is -0.380 e. The predicted molar refractivity (Wildman–Crippen MR) is 74.2 cm³/mol. The first-order chi connectivity index (χ1) is 8.97. The Bertz CT molecular complexity index is 479. The van der Waals surface area contributed by atoms with E-state index in [2.05, 4.69) is 15.9 Å². The first-order valence-corrected chi connectivity index (χ1v) is 6.53. The van der Waals surface area contributed by atoms with Gasteiger partial charge >= 0.3 is 0 Å². The van der Waals surface area contributed by atoms with Crippen LogP contribution in [0.15, 0.2) is 22.7 Å². The largest absolute Gasteiger partial charge is 0.380 e. The highest BCUT2D eigenvalue weighted by Crippen LogP contribution is 2.26. The fourth-order valence-electron chi connectivity index (χ4n) is 1.45. The summed E-state index contributed by atoms with van der Waals surface area (Å²) in [6.45, 7) is 3.35. The number of rotatable bonds is 6. The molecule has 0 aliphatic heterocycles. The Hall–Kier alpha value is -1.47. The van der Waals surface area contributed by atoms with Crippen LogP contribution in [0.2, 0.25) is 0 Å². The molecule has 0 bridgehead atoms. The second kappa shape index (κ2) is 7.20. The molecule has 0 spiro atoms. The van der Waals surface area contributed by atoms with Crippen LogP contribution in [0.3, 0.4) is 0 Å². The summed E-state index contributed by atoms with van der Waals surface area (Å²) < 4.78 is 5.51. The summed E-state index contributed by atoms with van der Waals surface area (Å²) in [6.07, 6.45) is 0. The number of carbonyl (C=O) groups excluding carboxylic acids is 1. The lowest BCUT2D eigenvalue weighted by Gasteiger charge is -2.17. The average molecular weight is 331 g/mol. The van der Waals surface area contributed by atoms with Gasteiger partial charge in [-0.2, -0.15) is 0 Å². The summed E-state index contributed by atoms with van der Waals surface area (Å²) >= 11 is 3.08. The molecule has 0 saturated heterocycles. The summed E-state index contributed by atoms with van der Waals surface area (Å²) in [5.41, 5.74) is 0.165. The van der Waals surface area contributed by atoms with Crippen LogP contribution in [-0.4, -0.2) is 42.5 Å². The summed E-state index contributed by atoms with van der Waals surface area (Å²) in [6, 6.07) is 4.32. The molecule has 0 aromatic heterocycles.